The lowest BCUT2D eigenvalue weighted by molar-refractivity contribution is 0.318. The molecule has 1 fully saturated rings. The topological polar surface area (TPSA) is 58.6 Å². The number of sulfonamides is 1. The van der Waals surface area contributed by atoms with Crippen molar-refractivity contribution in [3.8, 4) is 5.75 Å². The molecule has 21 heavy (non-hydrogen) atoms. The number of likely N-dealkylation sites (N-methyl/N-ethyl adjacent to an activating group) is 1. The molecular weight excluding hydrogens is 288 g/mol. The fourth-order valence-electron chi connectivity index (χ4n) is 2.48. The number of hydrogen-bond donors (Lipinski definition) is 1. The van der Waals surface area contributed by atoms with E-state index in [2.05, 4.69) is 12.2 Å². The van der Waals surface area contributed by atoms with Gasteiger partial charge < -0.3 is 10.1 Å². The van der Waals surface area contributed by atoms with Crippen molar-refractivity contribution in [3.05, 3.63) is 24.3 Å². The highest BCUT2D eigenvalue weighted by Crippen LogP contribution is 2.26. The number of benzene rings is 1. The summed E-state index contributed by atoms with van der Waals surface area (Å²) in [7, 11) is -1.50. The summed E-state index contributed by atoms with van der Waals surface area (Å²) in [4.78, 5) is 0.347. The second kappa shape index (κ2) is 7.24. The first-order chi connectivity index (χ1) is 10.1. The number of nitrogens with one attached hydrogen (secondary N) is 1. The number of ether oxygens (including phenoxy) is 1. The van der Waals surface area contributed by atoms with Gasteiger partial charge in [0.1, 0.15) is 12.4 Å². The molecule has 6 heteroatoms. The predicted octanol–water partition coefficient (Wildman–Crippen LogP) is 1.71. The number of hydrogen-bond acceptors (Lipinski definition) is 4. The third-order valence-corrected chi connectivity index (χ3v) is 5.79. The van der Waals surface area contributed by atoms with Crippen LogP contribution in [0.3, 0.4) is 0 Å². The van der Waals surface area contributed by atoms with Gasteiger partial charge in [-0.25, -0.2) is 8.42 Å². The van der Waals surface area contributed by atoms with Crippen LogP contribution in [0, 0.1) is 5.92 Å². The van der Waals surface area contributed by atoms with Crippen LogP contribution in [-0.2, 0) is 10.0 Å². The van der Waals surface area contributed by atoms with Crippen LogP contribution in [0.5, 0.6) is 5.75 Å². The van der Waals surface area contributed by atoms with Gasteiger partial charge in [-0.3, -0.25) is 0 Å². The van der Waals surface area contributed by atoms with E-state index < -0.39 is 10.0 Å². The lowest BCUT2D eigenvalue weighted by Crippen LogP contribution is -2.28. The highest BCUT2D eigenvalue weighted by Gasteiger charge is 2.31. The monoisotopic (exact) mass is 312 g/mol. The summed E-state index contributed by atoms with van der Waals surface area (Å²) < 4.78 is 32.2. The number of nitrogens with zero attached hydrogens (tertiary/aromatic N) is 1. The molecule has 118 valence electrons. The second-order valence-corrected chi connectivity index (χ2v) is 7.29. The van der Waals surface area contributed by atoms with Crippen LogP contribution in [0.1, 0.15) is 19.8 Å². The highest BCUT2D eigenvalue weighted by atomic mass is 32.2. The molecule has 0 aromatic heterocycles. The molecule has 1 aliphatic rings. The van der Waals surface area contributed by atoms with Crippen molar-refractivity contribution >= 4 is 10.0 Å². The molecule has 1 atom stereocenters. The van der Waals surface area contributed by atoms with Gasteiger partial charge in [-0.2, -0.15) is 4.31 Å². The average molecular weight is 312 g/mol. The van der Waals surface area contributed by atoms with Crippen LogP contribution < -0.4 is 10.1 Å². The quantitative estimate of drug-likeness (QED) is 0.779. The Labute approximate surface area is 127 Å². The van der Waals surface area contributed by atoms with Gasteiger partial charge in [-0.05, 0) is 43.7 Å². The zero-order chi connectivity index (χ0) is 15.3. The molecule has 0 radical (unpaired) electrons. The van der Waals surface area contributed by atoms with Gasteiger partial charge in [0.15, 0.2) is 0 Å². The van der Waals surface area contributed by atoms with E-state index in [0.29, 0.717) is 36.3 Å². The maximum atomic E-state index is 12.5. The molecule has 1 heterocycles. The van der Waals surface area contributed by atoms with Crippen molar-refractivity contribution in [2.24, 2.45) is 5.92 Å². The minimum absolute atomic E-state index is 0.347. The van der Waals surface area contributed by atoms with Crippen LogP contribution in [-0.4, -0.2) is 46.0 Å². The van der Waals surface area contributed by atoms with Crippen LogP contribution >= 0.6 is 0 Å². The normalized spacial score (nSPS) is 19.8. The summed E-state index contributed by atoms with van der Waals surface area (Å²) in [5, 5.41) is 2.99. The molecule has 0 amide bonds. The van der Waals surface area contributed by atoms with Crippen LogP contribution in [0.25, 0.3) is 0 Å². The minimum atomic E-state index is -3.36. The Morgan fingerprint density at radius 1 is 1.33 bits per heavy atom. The lowest BCUT2D eigenvalue weighted by atomic mass is 10.1. The molecule has 0 saturated carbocycles. The smallest absolute Gasteiger partial charge is 0.243 e. The largest absolute Gasteiger partial charge is 0.492 e. The first-order valence-corrected chi connectivity index (χ1v) is 8.89. The molecule has 5 nitrogen and oxygen atoms in total. The van der Waals surface area contributed by atoms with E-state index in [1.54, 1.807) is 28.6 Å². The highest BCUT2D eigenvalue weighted by molar-refractivity contribution is 7.89. The standard InChI is InChI=1S/C15H24N2O3S/c1-3-13-8-10-17(12-13)21(18,19)15-6-4-14(5-7-15)20-11-9-16-2/h4-7,13,16H,3,8-12H2,1-2H3. The minimum Gasteiger partial charge on any atom is -0.492 e. The Morgan fingerprint density at radius 2 is 2.05 bits per heavy atom. The first-order valence-electron chi connectivity index (χ1n) is 7.45. The average Bonchev–Trinajstić information content (AvgIpc) is 2.98. The van der Waals surface area contributed by atoms with Gasteiger partial charge in [-0.15, -0.1) is 0 Å². The molecule has 0 spiro atoms. The molecule has 0 bridgehead atoms. The van der Waals surface area contributed by atoms with Crippen molar-refractivity contribution < 1.29 is 13.2 Å². The van der Waals surface area contributed by atoms with Gasteiger partial charge in [0.2, 0.25) is 10.0 Å². The zero-order valence-corrected chi connectivity index (χ0v) is 13.5. The Balaban J connectivity index is 2.03. The molecule has 1 N–H and O–H groups in total. The van der Waals surface area contributed by atoms with Crippen LogP contribution in [0.4, 0.5) is 0 Å². The van der Waals surface area contributed by atoms with E-state index in [1.165, 1.54) is 0 Å². The number of rotatable bonds is 7. The van der Waals surface area contributed by atoms with E-state index in [9.17, 15) is 8.42 Å². The molecule has 1 unspecified atom stereocenters. The Kier molecular flexibility index (Phi) is 5.61. The van der Waals surface area contributed by atoms with Gasteiger partial charge in [0.25, 0.3) is 0 Å². The van der Waals surface area contributed by atoms with Crippen molar-refractivity contribution in [1.82, 2.24) is 9.62 Å². The zero-order valence-electron chi connectivity index (χ0n) is 12.7. The van der Waals surface area contributed by atoms with Crippen LogP contribution in [0.15, 0.2) is 29.2 Å². The van der Waals surface area contributed by atoms with E-state index in [-0.39, 0.29) is 0 Å². The SMILES string of the molecule is CCC1CCN(S(=O)(=O)c2ccc(OCCNC)cc2)C1. The van der Waals surface area contributed by atoms with Gasteiger partial charge in [0.05, 0.1) is 4.90 Å². The third-order valence-electron chi connectivity index (χ3n) is 3.91. The van der Waals surface area contributed by atoms with Crippen molar-refractivity contribution in [1.29, 1.82) is 0 Å². The predicted molar refractivity (Wildman–Crippen MR) is 83.0 cm³/mol. The fourth-order valence-corrected chi connectivity index (χ4v) is 4.01. The summed E-state index contributed by atoms with van der Waals surface area (Å²) >= 11 is 0. The fraction of sp³-hybridized carbons (Fsp3) is 0.600. The van der Waals surface area contributed by atoms with E-state index >= 15 is 0 Å². The van der Waals surface area contributed by atoms with Crippen molar-refractivity contribution in [3.63, 3.8) is 0 Å². The summed E-state index contributed by atoms with van der Waals surface area (Å²) in [5.41, 5.74) is 0. The summed E-state index contributed by atoms with van der Waals surface area (Å²) in [6, 6.07) is 6.69. The van der Waals surface area contributed by atoms with Gasteiger partial charge in [-0.1, -0.05) is 13.3 Å². The molecule has 1 saturated heterocycles. The molecule has 1 aromatic carbocycles. The van der Waals surface area contributed by atoms with Crippen molar-refractivity contribution in [2.75, 3.05) is 33.3 Å². The molecule has 2 rings (SSSR count). The first kappa shape index (κ1) is 16.3. The Hall–Kier alpha value is -1.11. The molecule has 1 aliphatic heterocycles. The van der Waals surface area contributed by atoms with Crippen molar-refractivity contribution in [2.45, 2.75) is 24.7 Å². The van der Waals surface area contributed by atoms with E-state index in [4.69, 9.17) is 4.74 Å². The maximum Gasteiger partial charge on any atom is 0.243 e. The Morgan fingerprint density at radius 3 is 2.62 bits per heavy atom. The maximum absolute atomic E-state index is 12.5. The Bertz CT molecular complexity index is 543. The van der Waals surface area contributed by atoms with Gasteiger partial charge in [0, 0.05) is 19.6 Å². The van der Waals surface area contributed by atoms with E-state index in [1.807, 2.05) is 7.05 Å². The molecule has 1 aromatic rings. The summed E-state index contributed by atoms with van der Waals surface area (Å²) in [5.74, 6) is 1.18. The molecular formula is C15H24N2O3S. The summed E-state index contributed by atoms with van der Waals surface area (Å²) in [6.07, 6.45) is 1.99. The third kappa shape index (κ3) is 3.96. The second-order valence-electron chi connectivity index (χ2n) is 5.35. The summed E-state index contributed by atoms with van der Waals surface area (Å²) in [6.45, 7) is 4.69. The van der Waals surface area contributed by atoms with Crippen LogP contribution in [0.2, 0.25) is 0 Å². The lowest BCUT2D eigenvalue weighted by Gasteiger charge is -2.16. The molecule has 0 aliphatic carbocycles. The van der Waals surface area contributed by atoms with E-state index in [0.717, 1.165) is 19.4 Å². The van der Waals surface area contributed by atoms with Gasteiger partial charge >= 0.3 is 0 Å².